The molecule has 2 heterocycles. The lowest BCUT2D eigenvalue weighted by Gasteiger charge is -2.18. The van der Waals surface area contributed by atoms with Crippen LogP contribution < -0.4 is 5.32 Å². The number of pyridine rings is 2. The average Bonchev–Trinajstić information content (AvgIpc) is 2.85. The maximum Gasteiger partial charge on any atom is 0.256 e. The number of anilines is 1. The zero-order valence-electron chi connectivity index (χ0n) is 18.1. The van der Waals surface area contributed by atoms with Gasteiger partial charge >= 0.3 is 0 Å². The molecule has 0 aliphatic rings. The molecule has 160 valence electrons. The number of fused-ring (bicyclic) bond motifs is 1. The van der Waals surface area contributed by atoms with Crippen molar-refractivity contribution < 1.29 is 9.59 Å². The van der Waals surface area contributed by atoms with Crippen LogP contribution in [-0.2, 0) is 0 Å². The Morgan fingerprint density at radius 1 is 0.938 bits per heavy atom. The second kappa shape index (κ2) is 9.39. The van der Waals surface area contributed by atoms with Crippen molar-refractivity contribution in [1.29, 1.82) is 0 Å². The predicted molar refractivity (Wildman–Crippen MR) is 127 cm³/mol. The summed E-state index contributed by atoms with van der Waals surface area (Å²) < 4.78 is 0. The monoisotopic (exact) mass is 424 g/mol. The van der Waals surface area contributed by atoms with Crippen molar-refractivity contribution in [2.45, 2.75) is 13.8 Å². The number of aromatic nitrogens is 2. The van der Waals surface area contributed by atoms with E-state index in [1.807, 2.05) is 50.2 Å². The van der Waals surface area contributed by atoms with Crippen LogP contribution in [0.2, 0.25) is 0 Å². The van der Waals surface area contributed by atoms with Gasteiger partial charge in [-0.15, -0.1) is 0 Å². The normalized spacial score (nSPS) is 10.7. The molecule has 0 aliphatic carbocycles. The summed E-state index contributed by atoms with van der Waals surface area (Å²) in [5.41, 5.74) is 4.00. The van der Waals surface area contributed by atoms with E-state index in [4.69, 9.17) is 4.98 Å². The summed E-state index contributed by atoms with van der Waals surface area (Å²) in [5, 5.41) is 3.71. The quantitative estimate of drug-likeness (QED) is 0.471. The first kappa shape index (κ1) is 21.2. The molecule has 4 rings (SSSR count). The van der Waals surface area contributed by atoms with Crippen LogP contribution in [0, 0.1) is 0 Å². The Labute approximate surface area is 186 Å². The van der Waals surface area contributed by atoms with Crippen LogP contribution in [0.25, 0.3) is 22.2 Å². The highest BCUT2D eigenvalue weighted by Gasteiger charge is 2.16. The van der Waals surface area contributed by atoms with Crippen LogP contribution >= 0.6 is 0 Å². The maximum absolute atomic E-state index is 13.2. The third-order valence-corrected chi connectivity index (χ3v) is 5.36. The highest BCUT2D eigenvalue weighted by molar-refractivity contribution is 6.13. The fraction of sp³-hybridized carbons (Fsp3) is 0.154. The minimum Gasteiger partial charge on any atom is -0.339 e. The molecule has 0 spiro atoms. The highest BCUT2D eigenvalue weighted by atomic mass is 16.2. The molecule has 0 saturated heterocycles. The summed E-state index contributed by atoms with van der Waals surface area (Å²) in [4.78, 5) is 36.3. The Morgan fingerprint density at radius 3 is 2.38 bits per heavy atom. The van der Waals surface area contributed by atoms with E-state index in [1.54, 1.807) is 47.6 Å². The predicted octanol–water partition coefficient (Wildman–Crippen LogP) is 5.03. The molecule has 6 heteroatoms. The van der Waals surface area contributed by atoms with E-state index in [0.29, 0.717) is 35.6 Å². The Hall–Kier alpha value is -4.06. The average molecular weight is 425 g/mol. The fourth-order valence-electron chi connectivity index (χ4n) is 3.61. The highest BCUT2D eigenvalue weighted by Crippen LogP contribution is 2.25. The van der Waals surface area contributed by atoms with E-state index in [9.17, 15) is 9.59 Å². The number of amides is 2. The molecule has 0 aliphatic heterocycles. The fourth-order valence-corrected chi connectivity index (χ4v) is 3.61. The molecule has 2 amide bonds. The van der Waals surface area contributed by atoms with E-state index in [0.717, 1.165) is 16.5 Å². The zero-order chi connectivity index (χ0) is 22.5. The van der Waals surface area contributed by atoms with Gasteiger partial charge in [-0.3, -0.25) is 14.6 Å². The number of hydrogen-bond donors (Lipinski definition) is 1. The van der Waals surface area contributed by atoms with Crippen LogP contribution in [-0.4, -0.2) is 39.8 Å². The van der Waals surface area contributed by atoms with Gasteiger partial charge in [-0.1, -0.05) is 18.2 Å². The number of hydrogen-bond acceptors (Lipinski definition) is 4. The topological polar surface area (TPSA) is 75.2 Å². The smallest absolute Gasteiger partial charge is 0.256 e. The van der Waals surface area contributed by atoms with Gasteiger partial charge in [0.25, 0.3) is 11.8 Å². The SMILES string of the molecule is CCN(CC)C(=O)c1ccc(NC(=O)c2cc(-c3cccnc3)nc3ccccc23)cc1. The lowest BCUT2D eigenvalue weighted by molar-refractivity contribution is 0.0773. The molecule has 2 aromatic heterocycles. The lowest BCUT2D eigenvalue weighted by atomic mass is 10.0. The molecule has 4 aromatic rings. The van der Waals surface area contributed by atoms with Crippen LogP contribution in [0.4, 0.5) is 5.69 Å². The minimum atomic E-state index is -0.239. The number of para-hydroxylation sites is 1. The summed E-state index contributed by atoms with van der Waals surface area (Å²) in [5.74, 6) is -0.259. The van der Waals surface area contributed by atoms with Gasteiger partial charge in [0.1, 0.15) is 0 Å². The molecule has 0 bridgehead atoms. The zero-order valence-corrected chi connectivity index (χ0v) is 18.1. The minimum absolute atomic E-state index is 0.0193. The maximum atomic E-state index is 13.2. The van der Waals surface area contributed by atoms with Crippen molar-refractivity contribution in [1.82, 2.24) is 14.9 Å². The van der Waals surface area contributed by atoms with Crippen molar-refractivity contribution in [3.63, 3.8) is 0 Å². The summed E-state index contributed by atoms with van der Waals surface area (Å²) >= 11 is 0. The molecule has 0 fully saturated rings. The van der Waals surface area contributed by atoms with Crippen LogP contribution in [0.3, 0.4) is 0 Å². The van der Waals surface area contributed by atoms with E-state index < -0.39 is 0 Å². The lowest BCUT2D eigenvalue weighted by Crippen LogP contribution is -2.30. The molecule has 0 saturated carbocycles. The van der Waals surface area contributed by atoms with Crippen molar-refractivity contribution in [2.24, 2.45) is 0 Å². The molecule has 2 aromatic carbocycles. The molecule has 1 N–H and O–H groups in total. The Morgan fingerprint density at radius 2 is 1.69 bits per heavy atom. The van der Waals surface area contributed by atoms with Gasteiger partial charge in [-0.2, -0.15) is 0 Å². The number of benzene rings is 2. The summed E-state index contributed by atoms with van der Waals surface area (Å²) in [7, 11) is 0. The van der Waals surface area contributed by atoms with Gasteiger partial charge in [0.15, 0.2) is 0 Å². The van der Waals surface area contributed by atoms with Gasteiger partial charge in [0.2, 0.25) is 0 Å². The van der Waals surface area contributed by atoms with Crippen LogP contribution in [0.1, 0.15) is 34.6 Å². The first-order valence-corrected chi connectivity index (χ1v) is 10.6. The molecule has 6 nitrogen and oxygen atoms in total. The molecular formula is C26H24N4O2. The van der Waals surface area contributed by atoms with Crippen molar-refractivity contribution in [2.75, 3.05) is 18.4 Å². The van der Waals surface area contributed by atoms with E-state index >= 15 is 0 Å². The number of nitrogens with zero attached hydrogens (tertiary/aromatic N) is 3. The molecule has 0 radical (unpaired) electrons. The molecule has 0 atom stereocenters. The van der Waals surface area contributed by atoms with Gasteiger partial charge < -0.3 is 10.2 Å². The third-order valence-electron chi connectivity index (χ3n) is 5.36. The van der Waals surface area contributed by atoms with Crippen molar-refractivity contribution >= 4 is 28.4 Å². The van der Waals surface area contributed by atoms with Crippen LogP contribution in [0.15, 0.2) is 79.1 Å². The molecular weight excluding hydrogens is 400 g/mol. The van der Waals surface area contributed by atoms with E-state index in [2.05, 4.69) is 10.3 Å². The van der Waals surface area contributed by atoms with Gasteiger partial charge in [-0.05, 0) is 62.4 Å². The molecule has 0 unspecified atom stereocenters. The Kier molecular flexibility index (Phi) is 6.22. The van der Waals surface area contributed by atoms with Gasteiger partial charge in [0, 0.05) is 47.7 Å². The Balaban J connectivity index is 1.63. The number of carbonyl (C=O) groups excluding carboxylic acids is 2. The largest absolute Gasteiger partial charge is 0.339 e. The number of rotatable bonds is 6. The third kappa shape index (κ3) is 4.34. The summed E-state index contributed by atoms with van der Waals surface area (Å²) in [6, 6.07) is 20.1. The number of nitrogens with one attached hydrogen (secondary N) is 1. The van der Waals surface area contributed by atoms with Crippen molar-refractivity contribution in [3.05, 3.63) is 90.3 Å². The molecule has 32 heavy (non-hydrogen) atoms. The van der Waals surface area contributed by atoms with Crippen molar-refractivity contribution in [3.8, 4) is 11.3 Å². The summed E-state index contributed by atoms with van der Waals surface area (Å²) in [6.07, 6.45) is 3.43. The number of carbonyl (C=O) groups is 2. The Bertz CT molecular complexity index is 1250. The van der Waals surface area contributed by atoms with Gasteiger partial charge in [0.05, 0.1) is 16.8 Å². The van der Waals surface area contributed by atoms with E-state index in [-0.39, 0.29) is 11.8 Å². The van der Waals surface area contributed by atoms with Gasteiger partial charge in [-0.25, -0.2) is 4.98 Å². The first-order chi connectivity index (χ1) is 15.6. The second-order valence-corrected chi connectivity index (χ2v) is 7.32. The summed E-state index contributed by atoms with van der Waals surface area (Å²) in [6.45, 7) is 5.22. The first-order valence-electron chi connectivity index (χ1n) is 10.6. The standard InChI is InChI=1S/C26H24N4O2/c1-3-30(4-2)26(32)18-11-13-20(14-12-18)28-25(31)22-16-24(19-8-7-15-27-17-19)29-23-10-6-5-9-21(22)23/h5-17H,3-4H2,1-2H3,(H,28,31). The van der Waals surface area contributed by atoms with E-state index in [1.165, 1.54) is 0 Å². The second-order valence-electron chi connectivity index (χ2n) is 7.32. The van der Waals surface area contributed by atoms with Crippen LogP contribution in [0.5, 0.6) is 0 Å².